The zero-order valence-corrected chi connectivity index (χ0v) is 17.3. The predicted molar refractivity (Wildman–Crippen MR) is 105 cm³/mol. The van der Waals surface area contributed by atoms with Crippen molar-refractivity contribution in [1.29, 1.82) is 0 Å². The molecule has 0 bridgehead atoms. The Balaban J connectivity index is 2.06. The molecule has 1 N–H and O–H groups in total. The smallest absolute Gasteiger partial charge is 0.343 e. The highest BCUT2D eigenvalue weighted by atomic mass is 35.5. The van der Waals surface area contributed by atoms with Crippen LogP contribution in [0.4, 0.5) is 0 Å². The maximum Gasteiger partial charge on any atom is 0.343 e. The Morgan fingerprint density at radius 1 is 1.22 bits per heavy atom. The summed E-state index contributed by atoms with van der Waals surface area (Å²) < 4.78 is 6.59. The molecule has 8 heteroatoms. The van der Waals surface area contributed by atoms with Gasteiger partial charge < -0.3 is 10.1 Å². The number of aromatic nitrogens is 2. The van der Waals surface area contributed by atoms with Crippen LogP contribution in [0.2, 0.25) is 10.2 Å². The average Bonchev–Trinajstić information content (AvgIpc) is 2.88. The molecule has 146 valence electrons. The first-order chi connectivity index (χ1) is 12.7. The van der Waals surface area contributed by atoms with Crippen LogP contribution in [0.25, 0.3) is 0 Å². The maximum atomic E-state index is 12.4. The number of esters is 1. The van der Waals surface area contributed by atoms with Gasteiger partial charge in [-0.3, -0.25) is 4.79 Å². The summed E-state index contributed by atoms with van der Waals surface area (Å²) in [6.07, 6.45) is 0. The van der Waals surface area contributed by atoms with Gasteiger partial charge in [0.05, 0.1) is 12.2 Å². The molecule has 2 rings (SSSR count). The third kappa shape index (κ3) is 5.47. The zero-order chi connectivity index (χ0) is 20.1. The van der Waals surface area contributed by atoms with Crippen molar-refractivity contribution in [1.82, 2.24) is 15.1 Å². The van der Waals surface area contributed by atoms with E-state index in [0.29, 0.717) is 17.3 Å². The molecule has 1 atom stereocenters. The molecule has 0 saturated carbocycles. The van der Waals surface area contributed by atoms with Gasteiger partial charge >= 0.3 is 5.97 Å². The SMILES string of the molecule is Cc1nn(Cc2ccccc2Cl)c(Cl)c1C(=O)OCC(=O)N[C@@H](C)C(C)C. The van der Waals surface area contributed by atoms with Gasteiger partial charge in [0.15, 0.2) is 6.61 Å². The molecule has 27 heavy (non-hydrogen) atoms. The number of hydrogen-bond acceptors (Lipinski definition) is 4. The second kappa shape index (κ2) is 9.24. The molecule has 0 unspecified atom stereocenters. The summed E-state index contributed by atoms with van der Waals surface area (Å²) in [7, 11) is 0. The fourth-order valence-corrected chi connectivity index (χ4v) is 2.85. The lowest BCUT2D eigenvalue weighted by Gasteiger charge is -2.17. The minimum absolute atomic E-state index is 0.0140. The number of rotatable bonds is 7. The van der Waals surface area contributed by atoms with Gasteiger partial charge in [0.2, 0.25) is 0 Å². The molecule has 2 aromatic rings. The van der Waals surface area contributed by atoms with Crippen LogP contribution in [0.5, 0.6) is 0 Å². The number of hydrogen-bond donors (Lipinski definition) is 1. The number of nitrogens with one attached hydrogen (secondary N) is 1. The lowest BCUT2D eigenvalue weighted by molar-refractivity contribution is -0.125. The first kappa shape index (κ1) is 21.3. The van der Waals surface area contributed by atoms with Gasteiger partial charge in [-0.25, -0.2) is 9.48 Å². The molecular formula is C19H23Cl2N3O3. The minimum atomic E-state index is -0.685. The molecule has 0 aliphatic heterocycles. The van der Waals surface area contributed by atoms with Crippen LogP contribution in [0.3, 0.4) is 0 Å². The summed E-state index contributed by atoms with van der Waals surface area (Å²) >= 11 is 12.5. The molecule has 1 amide bonds. The van der Waals surface area contributed by atoms with E-state index in [-0.39, 0.29) is 35.2 Å². The van der Waals surface area contributed by atoms with Gasteiger partial charge in [0.1, 0.15) is 10.7 Å². The van der Waals surface area contributed by atoms with Crippen LogP contribution in [-0.4, -0.2) is 34.3 Å². The van der Waals surface area contributed by atoms with Crippen LogP contribution >= 0.6 is 23.2 Å². The van der Waals surface area contributed by atoms with E-state index < -0.39 is 5.97 Å². The first-order valence-electron chi connectivity index (χ1n) is 8.63. The molecule has 0 fully saturated rings. The molecule has 1 aromatic heterocycles. The summed E-state index contributed by atoms with van der Waals surface area (Å²) in [5.74, 6) is -0.763. The highest BCUT2D eigenvalue weighted by Gasteiger charge is 2.23. The summed E-state index contributed by atoms with van der Waals surface area (Å²) in [5, 5.41) is 7.80. The summed E-state index contributed by atoms with van der Waals surface area (Å²) in [4.78, 5) is 24.3. The van der Waals surface area contributed by atoms with Gasteiger partial charge in [-0.2, -0.15) is 5.10 Å². The number of amides is 1. The molecule has 6 nitrogen and oxygen atoms in total. The molecule has 1 aromatic carbocycles. The molecule has 0 saturated heterocycles. The second-order valence-electron chi connectivity index (χ2n) is 6.68. The van der Waals surface area contributed by atoms with Gasteiger partial charge in [0, 0.05) is 11.1 Å². The van der Waals surface area contributed by atoms with Crippen LogP contribution in [-0.2, 0) is 16.1 Å². The maximum absolute atomic E-state index is 12.4. The predicted octanol–water partition coefficient (Wildman–Crippen LogP) is 3.86. The van der Waals surface area contributed by atoms with Gasteiger partial charge in [0.25, 0.3) is 5.91 Å². The first-order valence-corrected chi connectivity index (χ1v) is 9.39. The van der Waals surface area contributed by atoms with Crippen molar-refractivity contribution in [2.75, 3.05) is 6.61 Å². The third-order valence-electron chi connectivity index (χ3n) is 4.27. The molecule has 0 aliphatic carbocycles. The quantitative estimate of drug-likeness (QED) is 0.701. The van der Waals surface area contributed by atoms with E-state index in [1.807, 2.05) is 39.0 Å². The Hall–Kier alpha value is -2.05. The summed E-state index contributed by atoms with van der Waals surface area (Å²) in [5.41, 5.74) is 1.40. The molecule has 1 heterocycles. The van der Waals surface area contributed by atoms with E-state index in [1.165, 1.54) is 4.68 Å². The second-order valence-corrected chi connectivity index (χ2v) is 7.44. The van der Waals surface area contributed by atoms with E-state index in [1.54, 1.807) is 13.0 Å². The molecule has 0 radical (unpaired) electrons. The van der Waals surface area contributed by atoms with Crippen LogP contribution < -0.4 is 5.32 Å². The Morgan fingerprint density at radius 3 is 2.52 bits per heavy atom. The number of carbonyl (C=O) groups is 2. The van der Waals surface area contributed by atoms with Gasteiger partial charge in [-0.1, -0.05) is 55.2 Å². The monoisotopic (exact) mass is 411 g/mol. The lowest BCUT2D eigenvalue weighted by atomic mass is 10.1. The lowest BCUT2D eigenvalue weighted by Crippen LogP contribution is -2.38. The van der Waals surface area contributed by atoms with Crippen molar-refractivity contribution >= 4 is 35.1 Å². The third-order valence-corrected chi connectivity index (χ3v) is 5.02. The van der Waals surface area contributed by atoms with Gasteiger partial charge in [-0.15, -0.1) is 0 Å². The molecule has 0 aliphatic rings. The van der Waals surface area contributed by atoms with Crippen molar-refractivity contribution in [3.63, 3.8) is 0 Å². The number of benzene rings is 1. The highest BCUT2D eigenvalue weighted by Crippen LogP contribution is 2.24. The summed E-state index contributed by atoms with van der Waals surface area (Å²) in [6.45, 7) is 7.48. The topological polar surface area (TPSA) is 73.2 Å². The van der Waals surface area contributed by atoms with Crippen molar-refractivity contribution in [2.45, 2.75) is 40.3 Å². The van der Waals surface area contributed by atoms with E-state index in [0.717, 1.165) is 5.56 Å². The normalized spacial score (nSPS) is 12.1. The number of halogens is 2. The van der Waals surface area contributed by atoms with Crippen molar-refractivity contribution < 1.29 is 14.3 Å². The molecular weight excluding hydrogens is 389 g/mol. The van der Waals surface area contributed by atoms with E-state index in [9.17, 15) is 9.59 Å². The van der Waals surface area contributed by atoms with Crippen molar-refractivity contribution in [3.8, 4) is 0 Å². The number of ether oxygens (including phenoxy) is 1. The standard InChI is InChI=1S/C19H23Cl2N3O3/c1-11(2)12(3)22-16(25)10-27-19(26)17-13(4)23-24(18(17)21)9-14-7-5-6-8-15(14)20/h5-8,11-12H,9-10H2,1-4H3,(H,22,25)/t12-/m0/s1. The Morgan fingerprint density at radius 2 is 1.89 bits per heavy atom. The van der Waals surface area contributed by atoms with E-state index in [2.05, 4.69) is 10.4 Å². The summed E-state index contributed by atoms with van der Waals surface area (Å²) in [6, 6.07) is 7.30. The minimum Gasteiger partial charge on any atom is -0.452 e. The van der Waals surface area contributed by atoms with Crippen LogP contribution in [0, 0.1) is 12.8 Å². The zero-order valence-electron chi connectivity index (χ0n) is 15.8. The largest absolute Gasteiger partial charge is 0.452 e. The number of aryl methyl sites for hydroxylation is 1. The van der Waals surface area contributed by atoms with E-state index >= 15 is 0 Å². The van der Waals surface area contributed by atoms with Crippen molar-refractivity contribution in [3.05, 3.63) is 51.3 Å². The fourth-order valence-electron chi connectivity index (χ4n) is 2.34. The fraction of sp³-hybridized carbons (Fsp3) is 0.421. The molecule has 0 spiro atoms. The van der Waals surface area contributed by atoms with Crippen LogP contribution in [0.15, 0.2) is 24.3 Å². The highest BCUT2D eigenvalue weighted by molar-refractivity contribution is 6.33. The number of carbonyl (C=O) groups excluding carboxylic acids is 2. The Labute approximate surface area is 168 Å². The number of nitrogens with zero attached hydrogens (tertiary/aromatic N) is 2. The van der Waals surface area contributed by atoms with E-state index in [4.69, 9.17) is 27.9 Å². The van der Waals surface area contributed by atoms with Crippen LogP contribution in [0.1, 0.15) is 42.4 Å². The van der Waals surface area contributed by atoms with Gasteiger partial charge in [-0.05, 0) is 31.4 Å². The van der Waals surface area contributed by atoms with Crippen molar-refractivity contribution in [2.24, 2.45) is 5.92 Å². The Bertz CT molecular complexity index is 834. The average molecular weight is 412 g/mol. The Kier molecular flexibility index (Phi) is 7.27.